The zero-order valence-corrected chi connectivity index (χ0v) is 10.5. The van der Waals surface area contributed by atoms with E-state index >= 15 is 0 Å². The second-order valence-corrected chi connectivity index (χ2v) is 4.74. The molecule has 0 saturated carbocycles. The van der Waals surface area contributed by atoms with Crippen LogP contribution in [0.3, 0.4) is 0 Å². The number of nitrogens with zero attached hydrogens (tertiary/aromatic N) is 1. The van der Waals surface area contributed by atoms with E-state index in [1.54, 1.807) is 7.11 Å². The molecule has 1 fully saturated rings. The van der Waals surface area contributed by atoms with E-state index in [0.717, 1.165) is 38.3 Å². The summed E-state index contributed by atoms with van der Waals surface area (Å²) in [7, 11) is 1.63. The van der Waals surface area contributed by atoms with Crippen LogP contribution in [0.2, 0.25) is 0 Å². The van der Waals surface area contributed by atoms with Crippen LogP contribution in [-0.2, 0) is 11.3 Å². The number of hydrogen-bond donors (Lipinski definition) is 1. The molecule has 1 atom stereocenters. The molecule has 1 N–H and O–H groups in total. The molecule has 17 heavy (non-hydrogen) atoms. The molecule has 1 aliphatic rings. The predicted octanol–water partition coefficient (Wildman–Crippen LogP) is 1.75. The van der Waals surface area contributed by atoms with Gasteiger partial charge in [-0.3, -0.25) is 0 Å². The Morgan fingerprint density at radius 2 is 2.41 bits per heavy atom. The van der Waals surface area contributed by atoms with Gasteiger partial charge in [0.2, 0.25) is 5.88 Å². The summed E-state index contributed by atoms with van der Waals surface area (Å²) in [5.74, 6) is 0.661. The molecule has 0 amide bonds. The van der Waals surface area contributed by atoms with Crippen LogP contribution in [0.1, 0.15) is 25.5 Å². The predicted molar refractivity (Wildman–Crippen MR) is 66.1 cm³/mol. The highest BCUT2D eigenvalue weighted by atomic mass is 16.5. The molecule has 94 valence electrons. The first kappa shape index (κ1) is 12.3. The maximum Gasteiger partial charge on any atom is 0.213 e. The maximum atomic E-state index is 5.51. The fraction of sp³-hybridized carbons (Fsp3) is 0.615. The van der Waals surface area contributed by atoms with Crippen molar-refractivity contribution in [2.45, 2.75) is 31.8 Å². The van der Waals surface area contributed by atoms with Crippen LogP contribution in [0, 0.1) is 0 Å². The van der Waals surface area contributed by atoms with Gasteiger partial charge in [0.25, 0.3) is 0 Å². The minimum Gasteiger partial charge on any atom is -0.481 e. The Labute approximate surface area is 102 Å². The maximum absolute atomic E-state index is 5.51. The lowest BCUT2D eigenvalue weighted by Gasteiger charge is -2.34. The van der Waals surface area contributed by atoms with E-state index < -0.39 is 0 Å². The van der Waals surface area contributed by atoms with Crippen molar-refractivity contribution in [3.8, 4) is 5.88 Å². The third-order valence-electron chi connectivity index (χ3n) is 3.12. The Bertz CT molecular complexity index is 362. The molecule has 0 spiro atoms. The zero-order chi connectivity index (χ0) is 12.1. The van der Waals surface area contributed by atoms with Crippen molar-refractivity contribution in [2.24, 2.45) is 0 Å². The molecule has 2 rings (SSSR count). The first-order valence-electron chi connectivity index (χ1n) is 6.05. The highest BCUT2D eigenvalue weighted by Crippen LogP contribution is 2.19. The molecule has 0 aromatic carbocycles. The fourth-order valence-corrected chi connectivity index (χ4v) is 2.05. The lowest BCUT2D eigenvalue weighted by atomic mass is 9.95. The Hall–Kier alpha value is -1.13. The molecule has 4 heteroatoms. The molecule has 1 aliphatic heterocycles. The Morgan fingerprint density at radius 1 is 1.53 bits per heavy atom. The van der Waals surface area contributed by atoms with Gasteiger partial charge in [-0.1, -0.05) is 6.07 Å². The number of ether oxygens (including phenoxy) is 2. The van der Waals surface area contributed by atoms with Gasteiger partial charge in [0, 0.05) is 24.8 Å². The molecule has 0 bridgehead atoms. The van der Waals surface area contributed by atoms with Gasteiger partial charge in [0.1, 0.15) is 0 Å². The summed E-state index contributed by atoms with van der Waals surface area (Å²) in [5, 5.41) is 3.52. The quantitative estimate of drug-likeness (QED) is 0.865. The lowest BCUT2D eigenvalue weighted by molar-refractivity contribution is 0.0276. The molecule has 1 unspecified atom stereocenters. The normalized spacial score (nSPS) is 24.6. The van der Waals surface area contributed by atoms with Crippen molar-refractivity contribution in [3.63, 3.8) is 0 Å². The largest absolute Gasteiger partial charge is 0.481 e. The molecule has 4 nitrogen and oxygen atoms in total. The Balaban J connectivity index is 1.92. The second kappa shape index (κ2) is 5.47. The molecular formula is C13H20N2O2. The van der Waals surface area contributed by atoms with Gasteiger partial charge < -0.3 is 14.8 Å². The number of pyridine rings is 1. The zero-order valence-electron chi connectivity index (χ0n) is 10.5. The van der Waals surface area contributed by atoms with E-state index in [2.05, 4.69) is 17.2 Å². The summed E-state index contributed by atoms with van der Waals surface area (Å²) in [5.41, 5.74) is 1.07. The van der Waals surface area contributed by atoms with E-state index in [9.17, 15) is 0 Å². The first-order chi connectivity index (χ1) is 8.22. The van der Waals surface area contributed by atoms with Crippen molar-refractivity contribution >= 4 is 0 Å². The Kier molecular flexibility index (Phi) is 3.97. The summed E-state index contributed by atoms with van der Waals surface area (Å²) in [6.45, 7) is 4.61. The summed E-state index contributed by atoms with van der Waals surface area (Å²) in [6, 6.07) is 5.82. The van der Waals surface area contributed by atoms with E-state index in [0.29, 0.717) is 5.88 Å². The second-order valence-electron chi connectivity index (χ2n) is 4.74. The van der Waals surface area contributed by atoms with Gasteiger partial charge in [0.15, 0.2) is 0 Å². The van der Waals surface area contributed by atoms with Gasteiger partial charge in [-0.2, -0.15) is 0 Å². The smallest absolute Gasteiger partial charge is 0.213 e. The van der Waals surface area contributed by atoms with E-state index in [4.69, 9.17) is 9.47 Å². The first-order valence-corrected chi connectivity index (χ1v) is 6.05. The molecular weight excluding hydrogens is 216 g/mol. The molecule has 0 aliphatic carbocycles. The van der Waals surface area contributed by atoms with Crippen LogP contribution in [0.4, 0.5) is 0 Å². The minimum absolute atomic E-state index is 0.0724. The standard InChI is InChI=1S/C13H20N2O2/c1-13(7-4-8-17-10-13)14-9-11-5-3-6-12(15-11)16-2/h3,5-6,14H,4,7-10H2,1-2H3. The molecule has 1 aromatic rings. The summed E-state index contributed by atoms with van der Waals surface area (Å²) >= 11 is 0. The number of nitrogens with one attached hydrogen (secondary N) is 1. The summed E-state index contributed by atoms with van der Waals surface area (Å²) < 4.78 is 10.6. The van der Waals surface area contributed by atoms with Gasteiger partial charge >= 0.3 is 0 Å². The molecule has 1 aromatic heterocycles. The van der Waals surface area contributed by atoms with Crippen molar-refractivity contribution in [2.75, 3.05) is 20.3 Å². The van der Waals surface area contributed by atoms with E-state index in [-0.39, 0.29) is 5.54 Å². The Morgan fingerprint density at radius 3 is 3.12 bits per heavy atom. The van der Waals surface area contributed by atoms with Crippen molar-refractivity contribution in [1.29, 1.82) is 0 Å². The van der Waals surface area contributed by atoms with Crippen LogP contribution < -0.4 is 10.1 Å². The van der Waals surface area contributed by atoms with Gasteiger partial charge in [-0.25, -0.2) is 4.98 Å². The summed E-state index contributed by atoms with van der Waals surface area (Å²) in [4.78, 5) is 4.38. The van der Waals surface area contributed by atoms with Crippen LogP contribution >= 0.6 is 0 Å². The number of rotatable bonds is 4. The van der Waals surface area contributed by atoms with E-state index in [1.807, 2.05) is 18.2 Å². The van der Waals surface area contributed by atoms with Gasteiger partial charge in [-0.15, -0.1) is 0 Å². The third-order valence-corrected chi connectivity index (χ3v) is 3.12. The number of aromatic nitrogens is 1. The van der Waals surface area contributed by atoms with Crippen LogP contribution in [0.15, 0.2) is 18.2 Å². The average Bonchev–Trinajstić information content (AvgIpc) is 2.38. The minimum atomic E-state index is 0.0724. The van der Waals surface area contributed by atoms with Crippen molar-refractivity contribution in [3.05, 3.63) is 23.9 Å². The highest BCUT2D eigenvalue weighted by Gasteiger charge is 2.26. The molecule has 2 heterocycles. The monoisotopic (exact) mass is 236 g/mol. The fourth-order valence-electron chi connectivity index (χ4n) is 2.05. The van der Waals surface area contributed by atoms with Crippen LogP contribution in [0.25, 0.3) is 0 Å². The van der Waals surface area contributed by atoms with Crippen molar-refractivity contribution in [1.82, 2.24) is 10.3 Å². The van der Waals surface area contributed by atoms with Gasteiger partial charge in [-0.05, 0) is 25.8 Å². The van der Waals surface area contributed by atoms with Crippen LogP contribution in [0.5, 0.6) is 5.88 Å². The molecule has 0 radical (unpaired) electrons. The topological polar surface area (TPSA) is 43.4 Å². The number of methoxy groups -OCH3 is 1. The van der Waals surface area contributed by atoms with E-state index in [1.165, 1.54) is 0 Å². The number of hydrogen-bond acceptors (Lipinski definition) is 4. The van der Waals surface area contributed by atoms with Gasteiger partial charge in [0.05, 0.1) is 19.4 Å². The average molecular weight is 236 g/mol. The SMILES string of the molecule is COc1cccc(CNC2(C)CCCOC2)n1. The third kappa shape index (κ3) is 3.41. The summed E-state index contributed by atoms with van der Waals surface area (Å²) in [6.07, 6.45) is 2.27. The molecule has 1 saturated heterocycles. The highest BCUT2D eigenvalue weighted by molar-refractivity contribution is 5.15. The van der Waals surface area contributed by atoms with Crippen LogP contribution in [-0.4, -0.2) is 30.8 Å². The van der Waals surface area contributed by atoms with Crippen molar-refractivity contribution < 1.29 is 9.47 Å². The lowest BCUT2D eigenvalue weighted by Crippen LogP contribution is -2.48.